The van der Waals surface area contributed by atoms with Crippen LogP contribution in [0, 0.1) is 5.82 Å². The van der Waals surface area contributed by atoms with Crippen LogP contribution in [0.4, 0.5) is 4.39 Å². The summed E-state index contributed by atoms with van der Waals surface area (Å²) in [6.07, 6.45) is 2.26. The number of rotatable bonds is 5. The number of hydrogen-bond donors (Lipinski definition) is 1. The molecule has 2 aliphatic heterocycles. The number of carbonyl (C=O) groups excluding carboxylic acids is 2. The molecule has 136 valence electrons. The minimum Gasteiger partial charge on any atom is -0.484 e. The highest BCUT2D eigenvalue weighted by Crippen LogP contribution is 2.44. The summed E-state index contributed by atoms with van der Waals surface area (Å²) in [7, 11) is 1.34. The van der Waals surface area contributed by atoms with E-state index in [4.69, 9.17) is 25.8 Å². The van der Waals surface area contributed by atoms with E-state index in [1.54, 1.807) is 0 Å². The Labute approximate surface area is 149 Å². The third-order valence-corrected chi connectivity index (χ3v) is 5.17. The maximum absolute atomic E-state index is 13.4. The van der Waals surface area contributed by atoms with Crippen molar-refractivity contribution < 1.29 is 28.2 Å². The van der Waals surface area contributed by atoms with Crippen molar-refractivity contribution in [2.24, 2.45) is 0 Å². The van der Waals surface area contributed by atoms with Crippen LogP contribution in [0.5, 0.6) is 5.75 Å². The van der Waals surface area contributed by atoms with Crippen molar-refractivity contribution in [3.8, 4) is 5.75 Å². The molecule has 3 fully saturated rings. The molecule has 1 saturated carbocycles. The summed E-state index contributed by atoms with van der Waals surface area (Å²) in [6, 6.07) is 3.99. The average Bonchev–Trinajstić information content (AvgIpc) is 2.63. The zero-order chi connectivity index (χ0) is 18.1. The van der Waals surface area contributed by atoms with E-state index in [1.165, 1.54) is 19.2 Å². The molecule has 0 unspecified atom stereocenters. The van der Waals surface area contributed by atoms with Crippen LogP contribution in [0.2, 0.25) is 5.02 Å². The Hall–Kier alpha value is -1.86. The van der Waals surface area contributed by atoms with Crippen LogP contribution in [0.15, 0.2) is 18.2 Å². The summed E-state index contributed by atoms with van der Waals surface area (Å²) in [6.45, 7) is 0.00831. The van der Waals surface area contributed by atoms with E-state index in [9.17, 15) is 14.0 Å². The molecule has 4 rings (SSSR count). The number of halogens is 2. The average molecular weight is 372 g/mol. The molecule has 1 aromatic rings. The number of nitrogens with one attached hydrogen (secondary N) is 1. The maximum atomic E-state index is 13.4. The van der Waals surface area contributed by atoms with Gasteiger partial charge in [0, 0.05) is 6.07 Å². The fraction of sp³-hybridized carbons (Fsp3) is 0.529. The molecule has 2 saturated heterocycles. The maximum Gasteiger partial charge on any atom is 0.338 e. The lowest BCUT2D eigenvalue weighted by Gasteiger charge is -2.51. The lowest BCUT2D eigenvalue weighted by Crippen LogP contribution is -2.65. The highest BCUT2D eigenvalue weighted by Gasteiger charge is 2.55. The van der Waals surface area contributed by atoms with Crippen molar-refractivity contribution in [2.45, 2.75) is 36.8 Å². The SMILES string of the molecule is COC(=O)C12CCC(NC(=O)COc3ccc(Cl)c(F)c3)(CC1)CO2. The number of fused-ring (bicyclic) bond motifs is 3. The molecule has 8 heteroatoms. The van der Waals surface area contributed by atoms with Gasteiger partial charge in [0.15, 0.2) is 12.2 Å². The molecule has 1 N–H and O–H groups in total. The Morgan fingerprint density at radius 3 is 2.60 bits per heavy atom. The lowest BCUT2D eigenvalue weighted by atomic mass is 9.71. The Balaban J connectivity index is 1.54. The van der Waals surface area contributed by atoms with Gasteiger partial charge >= 0.3 is 5.97 Å². The van der Waals surface area contributed by atoms with Gasteiger partial charge in [-0.3, -0.25) is 4.79 Å². The van der Waals surface area contributed by atoms with E-state index in [-0.39, 0.29) is 35.9 Å². The Bertz CT molecular complexity index is 671. The largest absolute Gasteiger partial charge is 0.484 e. The van der Waals surface area contributed by atoms with E-state index in [2.05, 4.69) is 5.32 Å². The lowest BCUT2D eigenvalue weighted by molar-refractivity contribution is -0.200. The summed E-state index contributed by atoms with van der Waals surface area (Å²) in [5.41, 5.74) is -1.37. The molecule has 0 radical (unpaired) electrons. The fourth-order valence-corrected chi connectivity index (χ4v) is 3.47. The monoisotopic (exact) mass is 371 g/mol. The summed E-state index contributed by atoms with van der Waals surface area (Å²) in [5, 5.41) is 2.92. The molecular formula is C17H19ClFNO5. The van der Waals surface area contributed by atoms with E-state index >= 15 is 0 Å². The van der Waals surface area contributed by atoms with Gasteiger partial charge in [0.2, 0.25) is 0 Å². The van der Waals surface area contributed by atoms with Crippen LogP contribution >= 0.6 is 11.6 Å². The first kappa shape index (κ1) is 17.9. The highest BCUT2D eigenvalue weighted by atomic mass is 35.5. The van der Waals surface area contributed by atoms with Gasteiger partial charge in [-0.15, -0.1) is 0 Å². The van der Waals surface area contributed by atoms with Gasteiger partial charge in [-0.1, -0.05) is 11.6 Å². The van der Waals surface area contributed by atoms with Gasteiger partial charge < -0.3 is 19.5 Å². The van der Waals surface area contributed by atoms with E-state index in [0.717, 1.165) is 6.07 Å². The third kappa shape index (κ3) is 3.57. The van der Waals surface area contributed by atoms with Crippen molar-refractivity contribution in [3.05, 3.63) is 29.0 Å². The zero-order valence-electron chi connectivity index (χ0n) is 13.8. The molecule has 0 aromatic heterocycles. The Kier molecular flexibility index (Phi) is 4.88. The molecule has 3 aliphatic rings. The first-order valence-electron chi connectivity index (χ1n) is 7.99. The Morgan fingerprint density at radius 2 is 2.04 bits per heavy atom. The second kappa shape index (κ2) is 6.80. The van der Waals surface area contributed by atoms with E-state index < -0.39 is 17.0 Å². The number of carbonyl (C=O) groups is 2. The standard InChI is InChI=1S/C17H19ClFNO5/c1-23-15(22)17-6-4-16(5-7-17,10-25-17)20-14(21)9-24-11-2-3-12(18)13(19)8-11/h2-3,8H,4-7,9-10H2,1H3,(H,20,21). The van der Waals surface area contributed by atoms with Gasteiger partial charge in [-0.2, -0.15) is 0 Å². The molecule has 0 spiro atoms. The molecule has 0 atom stereocenters. The summed E-state index contributed by atoms with van der Waals surface area (Å²) in [5.74, 6) is -1.07. The van der Waals surface area contributed by atoms with E-state index in [1.807, 2.05) is 0 Å². The van der Waals surface area contributed by atoms with Crippen LogP contribution in [-0.2, 0) is 19.1 Å². The van der Waals surface area contributed by atoms with Gasteiger partial charge in [0.05, 0.1) is 24.3 Å². The molecule has 1 amide bonds. The van der Waals surface area contributed by atoms with Gasteiger partial charge in [0.25, 0.3) is 5.91 Å². The van der Waals surface area contributed by atoms with Crippen molar-refractivity contribution in [3.63, 3.8) is 0 Å². The zero-order valence-corrected chi connectivity index (χ0v) is 14.5. The molecule has 1 aliphatic carbocycles. The number of methoxy groups -OCH3 is 1. The minimum absolute atomic E-state index is 0.00802. The second-order valence-electron chi connectivity index (χ2n) is 6.47. The van der Waals surface area contributed by atoms with Crippen molar-refractivity contribution in [1.29, 1.82) is 0 Å². The van der Waals surface area contributed by atoms with Gasteiger partial charge in [0.1, 0.15) is 11.6 Å². The number of benzene rings is 1. The number of esters is 1. The first-order chi connectivity index (χ1) is 11.9. The smallest absolute Gasteiger partial charge is 0.338 e. The Morgan fingerprint density at radius 1 is 1.32 bits per heavy atom. The molecular weight excluding hydrogens is 353 g/mol. The van der Waals surface area contributed by atoms with Crippen LogP contribution < -0.4 is 10.1 Å². The molecule has 25 heavy (non-hydrogen) atoms. The topological polar surface area (TPSA) is 73.9 Å². The fourth-order valence-electron chi connectivity index (χ4n) is 3.35. The van der Waals surface area contributed by atoms with Crippen molar-refractivity contribution in [2.75, 3.05) is 20.3 Å². The minimum atomic E-state index is -0.876. The molecule has 1 aromatic carbocycles. The molecule has 6 nitrogen and oxygen atoms in total. The van der Waals surface area contributed by atoms with Crippen LogP contribution in [-0.4, -0.2) is 43.3 Å². The molecule has 2 bridgehead atoms. The predicted molar refractivity (Wildman–Crippen MR) is 86.9 cm³/mol. The number of amides is 1. The summed E-state index contributed by atoms with van der Waals surface area (Å²) < 4.78 is 29.2. The van der Waals surface area contributed by atoms with E-state index in [0.29, 0.717) is 25.7 Å². The number of ether oxygens (including phenoxy) is 3. The van der Waals surface area contributed by atoms with Crippen LogP contribution in [0.3, 0.4) is 0 Å². The molecule has 2 heterocycles. The van der Waals surface area contributed by atoms with Crippen molar-refractivity contribution in [1.82, 2.24) is 5.32 Å². The predicted octanol–water partition coefficient (Wildman–Crippen LogP) is 2.23. The normalized spacial score (nSPS) is 27.6. The first-order valence-corrected chi connectivity index (χ1v) is 8.37. The van der Waals surface area contributed by atoms with Gasteiger partial charge in [-0.25, -0.2) is 9.18 Å². The highest BCUT2D eigenvalue weighted by molar-refractivity contribution is 6.30. The van der Waals surface area contributed by atoms with Gasteiger partial charge in [-0.05, 0) is 37.8 Å². The summed E-state index contributed by atoms with van der Waals surface area (Å²) in [4.78, 5) is 24.1. The van der Waals surface area contributed by atoms with Crippen molar-refractivity contribution >= 4 is 23.5 Å². The second-order valence-corrected chi connectivity index (χ2v) is 6.87. The summed E-state index contributed by atoms with van der Waals surface area (Å²) >= 11 is 5.60. The quantitative estimate of drug-likeness (QED) is 0.803. The van der Waals surface area contributed by atoms with Crippen LogP contribution in [0.25, 0.3) is 0 Å². The van der Waals surface area contributed by atoms with Crippen LogP contribution in [0.1, 0.15) is 25.7 Å². The third-order valence-electron chi connectivity index (χ3n) is 4.86. The number of hydrogen-bond acceptors (Lipinski definition) is 5.